The summed E-state index contributed by atoms with van der Waals surface area (Å²) < 4.78 is 0. The molecule has 5 heteroatoms. The van der Waals surface area contributed by atoms with Gasteiger partial charge in [0.2, 0.25) is 5.95 Å². The summed E-state index contributed by atoms with van der Waals surface area (Å²) in [6, 6.07) is 11.8. The smallest absolute Gasteiger partial charge is 0.270 e. The highest BCUT2D eigenvalue weighted by molar-refractivity contribution is 5.92. The number of aromatic nitrogens is 2. The molecule has 0 bridgehead atoms. The van der Waals surface area contributed by atoms with Gasteiger partial charge >= 0.3 is 0 Å². The Kier molecular flexibility index (Phi) is 5.32. The fourth-order valence-electron chi connectivity index (χ4n) is 2.16. The van der Waals surface area contributed by atoms with Crippen LogP contribution < -0.4 is 10.2 Å². The number of rotatable bonds is 5. The van der Waals surface area contributed by atoms with Crippen LogP contribution in [0.2, 0.25) is 0 Å². The second-order valence-corrected chi connectivity index (χ2v) is 6.45. The van der Waals surface area contributed by atoms with Gasteiger partial charge in [-0.3, -0.25) is 4.79 Å². The third-order valence-electron chi connectivity index (χ3n) is 3.24. The molecule has 0 unspecified atom stereocenters. The Morgan fingerprint density at radius 2 is 1.87 bits per heavy atom. The first-order valence-corrected chi connectivity index (χ1v) is 7.83. The van der Waals surface area contributed by atoms with Gasteiger partial charge in [-0.15, -0.1) is 0 Å². The molecule has 2 aromatic rings. The molecule has 122 valence electrons. The molecule has 1 aromatic heterocycles. The highest BCUT2D eigenvalue weighted by Gasteiger charge is 2.18. The lowest BCUT2D eigenvalue weighted by atomic mass is 10.1. The van der Waals surface area contributed by atoms with Crippen LogP contribution in [0.25, 0.3) is 0 Å². The first kappa shape index (κ1) is 16.9. The minimum atomic E-state index is -0.295. The van der Waals surface area contributed by atoms with E-state index in [-0.39, 0.29) is 11.4 Å². The van der Waals surface area contributed by atoms with Crippen molar-refractivity contribution < 1.29 is 4.79 Å². The molecule has 0 spiro atoms. The lowest BCUT2D eigenvalue weighted by Gasteiger charge is -2.22. The van der Waals surface area contributed by atoms with E-state index in [0.717, 1.165) is 6.54 Å². The molecule has 5 nitrogen and oxygen atoms in total. The molecule has 0 aliphatic carbocycles. The zero-order valence-corrected chi connectivity index (χ0v) is 14.2. The van der Waals surface area contributed by atoms with E-state index < -0.39 is 0 Å². The van der Waals surface area contributed by atoms with Crippen molar-refractivity contribution in [3.63, 3.8) is 0 Å². The van der Waals surface area contributed by atoms with Gasteiger partial charge in [0.1, 0.15) is 5.69 Å². The van der Waals surface area contributed by atoms with E-state index in [9.17, 15) is 4.79 Å². The lowest BCUT2D eigenvalue weighted by Crippen LogP contribution is -2.41. The van der Waals surface area contributed by atoms with Gasteiger partial charge in [-0.2, -0.15) is 0 Å². The molecule has 0 saturated heterocycles. The Hall–Kier alpha value is -2.43. The molecular weight excluding hydrogens is 288 g/mol. The summed E-state index contributed by atoms with van der Waals surface area (Å²) in [5, 5.41) is 2.92. The zero-order valence-electron chi connectivity index (χ0n) is 14.2. The minimum Gasteiger partial charge on any atom is -0.346 e. The fourth-order valence-corrected chi connectivity index (χ4v) is 2.16. The van der Waals surface area contributed by atoms with Gasteiger partial charge in [0.25, 0.3) is 5.91 Å². The molecular formula is C18H24N4O. The van der Waals surface area contributed by atoms with Crippen molar-refractivity contribution in [3.8, 4) is 0 Å². The highest BCUT2D eigenvalue weighted by atomic mass is 16.2. The second-order valence-electron chi connectivity index (χ2n) is 6.45. The maximum atomic E-state index is 12.3. The third kappa shape index (κ3) is 5.06. The number of carbonyl (C=O) groups excluding carboxylic acids is 1. The van der Waals surface area contributed by atoms with Crippen molar-refractivity contribution >= 4 is 11.9 Å². The van der Waals surface area contributed by atoms with E-state index in [4.69, 9.17) is 0 Å². The standard InChI is InChI=1S/C18H24N4O/c1-5-22(13-14-9-7-6-8-10-14)17-19-12-11-15(20-17)16(23)21-18(2,3)4/h6-12H,5,13H2,1-4H3,(H,21,23). The van der Waals surface area contributed by atoms with Gasteiger partial charge in [-0.05, 0) is 39.3 Å². The number of anilines is 1. The monoisotopic (exact) mass is 312 g/mol. The Bertz CT molecular complexity index is 650. The van der Waals surface area contributed by atoms with Crippen LogP contribution in [-0.4, -0.2) is 28.0 Å². The molecule has 0 radical (unpaired) electrons. The summed E-state index contributed by atoms with van der Waals surface area (Å²) in [5.41, 5.74) is 1.27. The summed E-state index contributed by atoms with van der Waals surface area (Å²) in [7, 11) is 0. The van der Waals surface area contributed by atoms with E-state index >= 15 is 0 Å². The van der Waals surface area contributed by atoms with Crippen molar-refractivity contribution in [1.82, 2.24) is 15.3 Å². The Morgan fingerprint density at radius 1 is 1.17 bits per heavy atom. The Labute approximate surface area is 137 Å². The fraction of sp³-hybridized carbons (Fsp3) is 0.389. The predicted octanol–water partition coefficient (Wildman–Crippen LogP) is 3.03. The van der Waals surface area contributed by atoms with Crippen LogP contribution in [0.4, 0.5) is 5.95 Å². The average molecular weight is 312 g/mol. The molecule has 0 aliphatic heterocycles. The number of amides is 1. The number of hydrogen-bond donors (Lipinski definition) is 1. The molecule has 1 heterocycles. The van der Waals surface area contributed by atoms with Crippen molar-refractivity contribution in [3.05, 3.63) is 53.9 Å². The third-order valence-corrected chi connectivity index (χ3v) is 3.24. The summed E-state index contributed by atoms with van der Waals surface area (Å²) >= 11 is 0. The summed E-state index contributed by atoms with van der Waals surface area (Å²) in [6.45, 7) is 9.36. The van der Waals surface area contributed by atoms with Gasteiger partial charge in [0.15, 0.2) is 0 Å². The van der Waals surface area contributed by atoms with E-state index in [1.165, 1.54) is 5.56 Å². The van der Waals surface area contributed by atoms with E-state index in [0.29, 0.717) is 18.2 Å². The maximum absolute atomic E-state index is 12.3. The molecule has 0 saturated carbocycles. The van der Waals surface area contributed by atoms with Crippen LogP contribution in [0.5, 0.6) is 0 Å². The van der Waals surface area contributed by atoms with Gasteiger partial charge in [-0.1, -0.05) is 30.3 Å². The number of carbonyl (C=O) groups is 1. The van der Waals surface area contributed by atoms with Crippen molar-refractivity contribution in [1.29, 1.82) is 0 Å². The van der Waals surface area contributed by atoms with Crippen molar-refractivity contribution in [2.45, 2.75) is 39.8 Å². The summed E-state index contributed by atoms with van der Waals surface area (Å²) in [6.07, 6.45) is 1.63. The van der Waals surface area contributed by atoms with Crippen molar-refractivity contribution in [2.75, 3.05) is 11.4 Å². The summed E-state index contributed by atoms with van der Waals surface area (Å²) in [4.78, 5) is 23.1. The van der Waals surface area contributed by atoms with E-state index in [1.807, 2.05) is 50.8 Å². The topological polar surface area (TPSA) is 58.1 Å². The molecule has 0 fully saturated rings. The molecule has 23 heavy (non-hydrogen) atoms. The van der Waals surface area contributed by atoms with Gasteiger partial charge in [0.05, 0.1) is 0 Å². The SMILES string of the molecule is CCN(Cc1ccccc1)c1nccc(C(=O)NC(C)(C)C)n1. The Morgan fingerprint density at radius 3 is 2.48 bits per heavy atom. The maximum Gasteiger partial charge on any atom is 0.270 e. The van der Waals surface area contributed by atoms with Gasteiger partial charge in [-0.25, -0.2) is 9.97 Å². The first-order valence-electron chi connectivity index (χ1n) is 7.83. The average Bonchev–Trinajstić information content (AvgIpc) is 2.52. The van der Waals surface area contributed by atoms with Crippen LogP contribution >= 0.6 is 0 Å². The van der Waals surface area contributed by atoms with Crippen LogP contribution in [-0.2, 0) is 6.54 Å². The second kappa shape index (κ2) is 7.22. The normalized spacial score (nSPS) is 11.1. The van der Waals surface area contributed by atoms with E-state index in [2.05, 4.69) is 27.4 Å². The first-order chi connectivity index (χ1) is 10.9. The van der Waals surface area contributed by atoms with Crippen LogP contribution in [0.3, 0.4) is 0 Å². The number of hydrogen-bond acceptors (Lipinski definition) is 4. The molecule has 1 amide bonds. The predicted molar refractivity (Wildman–Crippen MR) is 92.4 cm³/mol. The molecule has 1 aromatic carbocycles. The van der Waals surface area contributed by atoms with Crippen LogP contribution in [0, 0.1) is 0 Å². The van der Waals surface area contributed by atoms with Crippen LogP contribution in [0.1, 0.15) is 43.7 Å². The van der Waals surface area contributed by atoms with Crippen molar-refractivity contribution in [2.24, 2.45) is 0 Å². The van der Waals surface area contributed by atoms with Crippen LogP contribution in [0.15, 0.2) is 42.6 Å². The Balaban J connectivity index is 2.18. The highest BCUT2D eigenvalue weighted by Crippen LogP contribution is 2.13. The molecule has 0 aliphatic rings. The van der Waals surface area contributed by atoms with E-state index in [1.54, 1.807) is 12.3 Å². The number of nitrogens with one attached hydrogen (secondary N) is 1. The minimum absolute atomic E-state index is 0.183. The largest absolute Gasteiger partial charge is 0.346 e. The number of nitrogens with zero attached hydrogens (tertiary/aromatic N) is 3. The zero-order chi connectivity index (χ0) is 16.9. The van der Waals surface area contributed by atoms with Gasteiger partial charge in [0, 0.05) is 24.8 Å². The van der Waals surface area contributed by atoms with Gasteiger partial charge < -0.3 is 10.2 Å². The quantitative estimate of drug-likeness (QED) is 0.922. The number of benzene rings is 1. The molecule has 2 rings (SSSR count). The molecule has 0 atom stereocenters. The molecule has 1 N–H and O–H groups in total. The lowest BCUT2D eigenvalue weighted by molar-refractivity contribution is 0.0914. The summed E-state index contributed by atoms with van der Waals surface area (Å²) in [5.74, 6) is 0.384.